The summed E-state index contributed by atoms with van der Waals surface area (Å²) in [6.07, 6.45) is -0.235. The number of nitrogens with one attached hydrogen (secondary N) is 2. The molecule has 0 aliphatic carbocycles. The lowest BCUT2D eigenvalue weighted by Gasteiger charge is -2.36. The lowest BCUT2D eigenvalue weighted by molar-refractivity contribution is 0.157. The van der Waals surface area contributed by atoms with Gasteiger partial charge in [-0.3, -0.25) is 0 Å². The Morgan fingerprint density at radius 2 is 2.12 bits per heavy atom. The van der Waals surface area contributed by atoms with E-state index >= 15 is 0 Å². The van der Waals surface area contributed by atoms with Crippen molar-refractivity contribution < 1.29 is 17.9 Å². The fourth-order valence-corrected chi connectivity index (χ4v) is 2.87. The van der Waals surface area contributed by atoms with Crippen LogP contribution in [0.15, 0.2) is 0 Å². The third-order valence-corrected chi connectivity index (χ3v) is 3.93. The van der Waals surface area contributed by atoms with Gasteiger partial charge in [-0.1, -0.05) is 6.92 Å². The Balaban J connectivity index is 2.66. The van der Waals surface area contributed by atoms with Gasteiger partial charge in [-0.25, -0.2) is 9.52 Å². The van der Waals surface area contributed by atoms with Crippen LogP contribution < -0.4 is 10.0 Å². The molecule has 17 heavy (non-hydrogen) atoms. The molecule has 0 spiro atoms. The van der Waals surface area contributed by atoms with Crippen LogP contribution >= 0.6 is 0 Å². The Kier molecular flexibility index (Phi) is 5.16. The summed E-state index contributed by atoms with van der Waals surface area (Å²) < 4.78 is 31.6. The fraction of sp³-hybridized carbons (Fsp3) is 0.889. The van der Waals surface area contributed by atoms with Gasteiger partial charge in [0.25, 0.3) is 0 Å². The normalized spacial score (nSPS) is 16.6. The van der Waals surface area contributed by atoms with E-state index in [1.807, 2.05) is 11.6 Å². The first-order chi connectivity index (χ1) is 8.01. The Bertz CT molecular complexity index is 353. The monoisotopic (exact) mass is 265 g/mol. The summed E-state index contributed by atoms with van der Waals surface area (Å²) in [6, 6.07) is -0.0816. The van der Waals surface area contributed by atoms with E-state index < -0.39 is 16.3 Å². The Hall–Kier alpha value is -0.860. The van der Waals surface area contributed by atoms with Crippen molar-refractivity contribution in [1.29, 1.82) is 0 Å². The number of ether oxygens (including phenoxy) is 1. The van der Waals surface area contributed by atoms with Crippen molar-refractivity contribution in [2.75, 3.05) is 26.2 Å². The SMILES string of the molecule is CCCN(C1CNC1)S(=O)(=O)NC(=O)OCC. The molecule has 100 valence electrons. The minimum Gasteiger partial charge on any atom is -0.449 e. The second kappa shape index (κ2) is 6.18. The molecule has 1 saturated heterocycles. The summed E-state index contributed by atoms with van der Waals surface area (Å²) in [4.78, 5) is 11.1. The van der Waals surface area contributed by atoms with Gasteiger partial charge >= 0.3 is 16.3 Å². The Labute approximate surface area is 102 Å². The molecule has 0 radical (unpaired) electrons. The second-order valence-electron chi connectivity index (χ2n) is 3.75. The molecule has 0 bridgehead atoms. The van der Waals surface area contributed by atoms with Gasteiger partial charge in [0, 0.05) is 19.6 Å². The van der Waals surface area contributed by atoms with Crippen LogP contribution in [0.25, 0.3) is 0 Å². The maximum Gasteiger partial charge on any atom is 0.421 e. The summed E-state index contributed by atoms with van der Waals surface area (Å²) in [5, 5.41) is 3.00. The number of nitrogens with zero attached hydrogens (tertiary/aromatic N) is 1. The minimum atomic E-state index is -3.80. The number of hydrogen-bond acceptors (Lipinski definition) is 5. The largest absolute Gasteiger partial charge is 0.449 e. The highest BCUT2D eigenvalue weighted by molar-refractivity contribution is 7.87. The van der Waals surface area contributed by atoms with E-state index in [1.54, 1.807) is 6.92 Å². The van der Waals surface area contributed by atoms with Crippen molar-refractivity contribution in [1.82, 2.24) is 14.3 Å². The van der Waals surface area contributed by atoms with Gasteiger partial charge in [0.2, 0.25) is 0 Å². The minimum absolute atomic E-state index is 0.0816. The fourth-order valence-electron chi connectivity index (χ4n) is 1.52. The van der Waals surface area contributed by atoms with Crippen molar-refractivity contribution >= 4 is 16.3 Å². The molecule has 0 unspecified atom stereocenters. The molecule has 8 heteroatoms. The van der Waals surface area contributed by atoms with Crippen molar-refractivity contribution in [2.24, 2.45) is 0 Å². The molecule has 0 saturated carbocycles. The van der Waals surface area contributed by atoms with E-state index in [0.717, 1.165) is 0 Å². The highest BCUT2D eigenvalue weighted by atomic mass is 32.2. The first-order valence-electron chi connectivity index (χ1n) is 5.68. The topological polar surface area (TPSA) is 87.7 Å². The van der Waals surface area contributed by atoms with Gasteiger partial charge in [-0.2, -0.15) is 12.7 Å². The molecule has 1 amide bonds. The maximum absolute atomic E-state index is 11.9. The molecule has 1 aliphatic heterocycles. The summed E-state index contributed by atoms with van der Waals surface area (Å²) in [5.41, 5.74) is 0. The summed E-state index contributed by atoms with van der Waals surface area (Å²) >= 11 is 0. The first-order valence-corrected chi connectivity index (χ1v) is 7.12. The van der Waals surface area contributed by atoms with Crippen LogP contribution in [0.3, 0.4) is 0 Å². The van der Waals surface area contributed by atoms with Crippen LogP contribution in [-0.2, 0) is 14.9 Å². The zero-order chi connectivity index (χ0) is 12.9. The van der Waals surface area contributed by atoms with E-state index in [1.165, 1.54) is 4.31 Å². The molecule has 1 aliphatic rings. The van der Waals surface area contributed by atoms with Crippen LogP contribution in [0, 0.1) is 0 Å². The van der Waals surface area contributed by atoms with Gasteiger partial charge in [0.1, 0.15) is 0 Å². The molecule has 0 aromatic heterocycles. The summed E-state index contributed by atoms with van der Waals surface area (Å²) in [6.45, 7) is 5.26. The van der Waals surface area contributed by atoms with Crippen molar-refractivity contribution in [3.05, 3.63) is 0 Å². The molecule has 1 fully saturated rings. The van der Waals surface area contributed by atoms with Crippen LogP contribution in [0.1, 0.15) is 20.3 Å². The molecule has 2 N–H and O–H groups in total. The van der Waals surface area contributed by atoms with Crippen LogP contribution in [-0.4, -0.2) is 51.1 Å². The average molecular weight is 265 g/mol. The summed E-state index contributed by atoms with van der Waals surface area (Å²) in [7, 11) is -3.80. The zero-order valence-corrected chi connectivity index (χ0v) is 10.9. The van der Waals surface area contributed by atoms with Crippen molar-refractivity contribution in [3.8, 4) is 0 Å². The lowest BCUT2D eigenvalue weighted by atomic mass is 10.2. The van der Waals surface area contributed by atoms with E-state index in [9.17, 15) is 13.2 Å². The molecule has 0 aromatic rings. The number of amides is 1. The molecule has 7 nitrogen and oxygen atoms in total. The van der Waals surface area contributed by atoms with Crippen LogP contribution in [0.4, 0.5) is 4.79 Å². The number of carbonyl (C=O) groups excluding carboxylic acids is 1. The van der Waals surface area contributed by atoms with Gasteiger partial charge in [0.15, 0.2) is 0 Å². The van der Waals surface area contributed by atoms with E-state index in [0.29, 0.717) is 26.1 Å². The highest BCUT2D eigenvalue weighted by Crippen LogP contribution is 2.10. The van der Waals surface area contributed by atoms with Gasteiger partial charge in [0.05, 0.1) is 12.6 Å². The average Bonchev–Trinajstić information content (AvgIpc) is 2.13. The molecule has 1 heterocycles. The molecule has 1 rings (SSSR count). The molecular formula is C9H19N3O4S. The van der Waals surface area contributed by atoms with Gasteiger partial charge in [-0.15, -0.1) is 0 Å². The quantitative estimate of drug-likeness (QED) is 0.686. The predicted octanol–water partition coefficient (Wildman–Crippen LogP) is -0.339. The maximum atomic E-state index is 11.9. The van der Waals surface area contributed by atoms with Gasteiger partial charge in [-0.05, 0) is 13.3 Å². The van der Waals surface area contributed by atoms with E-state index in [-0.39, 0.29) is 12.6 Å². The second-order valence-corrected chi connectivity index (χ2v) is 5.37. The predicted molar refractivity (Wildman–Crippen MR) is 62.7 cm³/mol. The van der Waals surface area contributed by atoms with Crippen molar-refractivity contribution in [2.45, 2.75) is 26.3 Å². The summed E-state index contributed by atoms with van der Waals surface area (Å²) in [5.74, 6) is 0. The number of carbonyl (C=O) groups is 1. The standard InChI is InChI=1S/C9H19N3O4S/c1-3-5-12(8-6-10-7-8)17(14,15)11-9(13)16-4-2/h8,10H,3-7H2,1-2H3,(H,11,13). The number of hydrogen-bond donors (Lipinski definition) is 2. The zero-order valence-electron chi connectivity index (χ0n) is 10.1. The third-order valence-electron chi connectivity index (χ3n) is 2.41. The third kappa shape index (κ3) is 3.83. The lowest BCUT2D eigenvalue weighted by Crippen LogP contribution is -2.61. The van der Waals surface area contributed by atoms with E-state index in [4.69, 9.17) is 0 Å². The molecule has 0 aromatic carbocycles. The smallest absolute Gasteiger partial charge is 0.421 e. The molecule has 0 atom stereocenters. The first kappa shape index (κ1) is 14.2. The Morgan fingerprint density at radius 1 is 1.47 bits per heavy atom. The molecular weight excluding hydrogens is 246 g/mol. The van der Waals surface area contributed by atoms with Crippen LogP contribution in [0.2, 0.25) is 0 Å². The van der Waals surface area contributed by atoms with Gasteiger partial charge < -0.3 is 10.1 Å². The Morgan fingerprint density at radius 3 is 2.53 bits per heavy atom. The highest BCUT2D eigenvalue weighted by Gasteiger charge is 2.34. The van der Waals surface area contributed by atoms with E-state index in [2.05, 4.69) is 10.1 Å². The van der Waals surface area contributed by atoms with Crippen LogP contribution in [0.5, 0.6) is 0 Å². The number of rotatable bonds is 6. The van der Waals surface area contributed by atoms with Crippen molar-refractivity contribution in [3.63, 3.8) is 0 Å².